The standard InChI is InChI=1S/C14H20N2O4S/c1-8(2)13(14(19)20)16-12(18)7-10(15-9(3)17)11-5-4-6-21-11/h4-6,8,10,13H,7H2,1-3H3,(H,15,17)(H,16,18)(H,19,20). The molecule has 7 heteroatoms. The SMILES string of the molecule is CC(=O)NC(CC(=O)NC(C(=O)O)C(C)C)c1cccs1. The predicted octanol–water partition coefficient (Wildman–Crippen LogP) is 1.54. The lowest BCUT2D eigenvalue weighted by molar-refractivity contribution is -0.143. The number of carbonyl (C=O) groups is 3. The molecular weight excluding hydrogens is 292 g/mol. The Kier molecular flexibility index (Phi) is 6.36. The van der Waals surface area contributed by atoms with Crippen molar-refractivity contribution in [3.05, 3.63) is 22.4 Å². The average molecular weight is 312 g/mol. The van der Waals surface area contributed by atoms with E-state index in [2.05, 4.69) is 10.6 Å². The summed E-state index contributed by atoms with van der Waals surface area (Å²) in [4.78, 5) is 35.2. The lowest BCUT2D eigenvalue weighted by Gasteiger charge is -2.20. The summed E-state index contributed by atoms with van der Waals surface area (Å²) in [5.41, 5.74) is 0. The third kappa shape index (κ3) is 5.55. The van der Waals surface area contributed by atoms with Crippen molar-refractivity contribution < 1.29 is 19.5 Å². The van der Waals surface area contributed by atoms with Crippen LogP contribution in [0.3, 0.4) is 0 Å². The largest absolute Gasteiger partial charge is 0.480 e. The van der Waals surface area contributed by atoms with Crippen molar-refractivity contribution in [2.24, 2.45) is 5.92 Å². The molecule has 0 bridgehead atoms. The van der Waals surface area contributed by atoms with E-state index in [0.29, 0.717) is 0 Å². The van der Waals surface area contributed by atoms with Crippen LogP contribution in [-0.4, -0.2) is 28.9 Å². The van der Waals surface area contributed by atoms with Crippen molar-refractivity contribution in [1.82, 2.24) is 10.6 Å². The Labute approximate surface area is 127 Å². The quantitative estimate of drug-likeness (QED) is 0.711. The second-order valence-electron chi connectivity index (χ2n) is 5.10. The van der Waals surface area contributed by atoms with Gasteiger partial charge in [0.15, 0.2) is 0 Å². The molecule has 0 aliphatic carbocycles. The smallest absolute Gasteiger partial charge is 0.326 e. The number of rotatable bonds is 7. The van der Waals surface area contributed by atoms with E-state index in [1.54, 1.807) is 13.8 Å². The molecule has 1 aromatic rings. The molecule has 1 rings (SSSR count). The van der Waals surface area contributed by atoms with Crippen LogP contribution >= 0.6 is 11.3 Å². The molecule has 21 heavy (non-hydrogen) atoms. The van der Waals surface area contributed by atoms with Crippen LogP contribution in [-0.2, 0) is 14.4 Å². The second kappa shape index (κ2) is 7.78. The minimum atomic E-state index is -1.06. The van der Waals surface area contributed by atoms with Crippen LogP contribution in [0.5, 0.6) is 0 Å². The highest BCUT2D eigenvalue weighted by Gasteiger charge is 2.25. The summed E-state index contributed by atoms with van der Waals surface area (Å²) < 4.78 is 0. The zero-order valence-corrected chi connectivity index (χ0v) is 13.1. The molecule has 2 atom stereocenters. The van der Waals surface area contributed by atoms with E-state index in [-0.39, 0.29) is 18.2 Å². The molecule has 0 spiro atoms. The fourth-order valence-electron chi connectivity index (χ4n) is 1.89. The highest BCUT2D eigenvalue weighted by Crippen LogP contribution is 2.22. The molecule has 0 aliphatic heterocycles. The number of carboxylic acids is 1. The number of hydrogen-bond donors (Lipinski definition) is 3. The van der Waals surface area contributed by atoms with Crippen molar-refractivity contribution in [3.8, 4) is 0 Å². The van der Waals surface area contributed by atoms with Gasteiger partial charge in [0.2, 0.25) is 11.8 Å². The fraction of sp³-hybridized carbons (Fsp3) is 0.500. The van der Waals surface area contributed by atoms with Gasteiger partial charge in [-0.1, -0.05) is 19.9 Å². The van der Waals surface area contributed by atoms with Crippen LogP contribution in [0, 0.1) is 5.92 Å². The van der Waals surface area contributed by atoms with Gasteiger partial charge >= 0.3 is 5.97 Å². The lowest BCUT2D eigenvalue weighted by Crippen LogP contribution is -2.45. The molecule has 2 amide bonds. The molecule has 1 heterocycles. The normalized spacial score (nSPS) is 13.5. The molecule has 0 saturated carbocycles. The average Bonchev–Trinajstić information content (AvgIpc) is 2.87. The highest BCUT2D eigenvalue weighted by molar-refractivity contribution is 7.10. The Hall–Kier alpha value is -1.89. The van der Waals surface area contributed by atoms with Crippen molar-refractivity contribution in [1.29, 1.82) is 0 Å². The fourth-order valence-corrected chi connectivity index (χ4v) is 2.67. The van der Waals surface area contributed by atoms with Gasteiger partial charge in [-0.2, -0.15) is 0 Å². The Morgan fingerprint density at radius 1 is 1.29 bits per heavy atom. The summed E-state index contributed by atoms with van der Waals surface area (Å²) in [6, 6.07) is 2.29. The Morgan fingerprint density at radius 3 is 2.38 bits per heavy atom. The molecule has 0 aromatic carbocycles. The molecule has 0 radical (unpaired) electrons. The van der Waals surface area contributed by atoms with Gasteiger partial charge in [0.1, 0.15) is 6.04 Å². The van der Waals surface area contributed by atoms with Crippen LogP contribution < -0.4 is 10.6 Å². The first-order chi connectivity index (χ1) is 9.81. The maximum Gasteiger partial charge on any atom is 0.326 e. The minimum Gasteiger partial charge on any atom is -0.480 e. The predicted molar refractivity (Wildman–Crippen MR) is 79.9 cm³/mol. The first kappa shape index (κ1) is 17.2. The van der Waals surface area contributed by atoms with Crippen LogP contribution in [0.2, 0.25) is 0 Å². The van der Waals surface area contributed by atoms with E-state index < -0.39 is 24.0 Å². The van der Waals surface area contributed by atoms with Crippen LogP contribution in [0.4, 0.5) is 0 Å². The third-order valence-electron chi connectivity index (χ3n) is 2.90. The third-order valence-corrected chi connectivity index (χ3v) is 3.89. The summed E-state index contributed by atoms with van der Waals surface area (Å²) in [6.07, 6.45) is 0.0105. The number of nitrogens with one attached hydrogen (secondary N) is 2. The van der Waals surface area contributed by atoms with Crippen molar-refractivity contribution in [2.75, 3.05) is 0 Å². The van der Waals surface area contributed by atoms with Gasteiger partial charge < -0.3 is 15.7 Å². The number of thiophene rings is 1. The molecule has 3 N–H and O–H groups in total. The minimum absolute atomic E-state index is 0.0105. The first-order valence-electron chi connectivity index (χ1n) is 6.64. The van der Waals surface area contributed by atoms with E-state index >= 15 is 0 Å². The van der Waals surface area contributed by atoms with Crippen LogP contribution in [0.15, 0.2) is 17.5 Å². The van der Waals surface area contributed by atoms with Gasteiger partial charge in [-0.3, -0.25) is 9.59 Å². The summed E-state index contributed by atoms with van der Waals surface area (Å²) in [6.45, 7) is 4.83. The Morgan fingerprint density at radius 2 is 1.95 bits per heavy atom. The van der Waals surface area contributed by atoms with Gasteiger partial charge in [-0.05, 0) is 17.4 Å². The lowest BCUT2D eigenvalue weighted by atomic mass is 10.0. The molecule has 0 fully saturated rings. The molecular formula is C14H20N2O4S. The van der Waals surface area contributed by atoms with Gasteiger partial charge in [0.05, 0.1) is 12.5 Å². The van der Waals surface area contributed by atoms with Crippen molar-refractivity contribution in [3.63, 3.8) is 0 Å². The topological polar surface area (TPSA) is 95.5 Å². The Balaban J connectivity index is 2.72. The van der Waals surface area contributed by atoms with Gasteiger partial charge in [0.25, 0.3) is 0 Å². The van der Waals surface area contributed by atoms with Gasteiger partial charge in [-0.25, -0.2) is 4.79 Å². The number of aliphatic carboxylic acids is 1. The summed E-state index contributed by atoms with van der Waals surface area (Å²) in [5, 5.41) is 16.1. The number of carboxylic acid groups (broad SMARTS) is 1. The molecule has 0 saturated heterocycles. The summed E-state index contributed by atoms with van der Waals surface area (Å²) in [7, 11) is 0. The number of hydrogen-bond acceptors (Lipinski definition) is 4. The Bertz CT molecular complexity index is 499. The van der Waals surface area contributed by atoms with E-state index in [9.17, 15) is 14.4 Å². The first-order valence-corrected chi connectivity index (χ1v) is 7.52. The van der Waals surface area contributed by atoms with Gasteiger partial charge in [-0.15, -0.1) is 11.3 Å². The van der Waals surface area contributed by atoms with Gasteiger partial charge in [0, 0.05) is 11.8 Å². The number of amides is 2. The van der Waals surface area contributed by atoms with Crippen LogP contribution in [0.25, 0.3) is 0 Å². The summed E-state index contributed by atoms with van der Waals surface area (Å²) >= 11 is 1.44. The summed E-state index contributed by atoms with van der Waals surface area (Å²) in [5.74, 6) is -1.92. The molecule has 6 nitrogen and oxygen atoms in total. The van der Waals surface area contributed by atoms with Crippen molar-refractivity contribution in [2.45, 2.75) is 39.3 Å². The van der Waals surface area contributed by atoms with Crippen molar-refractivity contribution >= 4 is 29.1 Å². The van der Waals surface area contributed by atoms with Crippen LogP contribution in [0.1, 0.15) is 38.1 Å². The molecule has 1 aromatic heterocycles. The van der Waals surface area contributed by atoms with E-state index in [1.807, 2.05) is 17.5 Å². The van der Waals surface area contributed by atoms with E-state index in [0.717, 1.165) is 4.88 Å². The molecule has 0 aliphatic rings. The maximum atomic E-state index is 12.0. The monoisotopic (exact) mass is 312 g/mol. The highest BCUT2D eigenvalue weighted by atomic mass is 32.1. The molecule has 116 valence electrons. The maximum absolute atomic E-state index is 12.0. The zero-order valence-electron chi connectivity index (χ0n) is 12.3. The second-order valence-corrected chi connectivity index (χ2v) is 6.08. The number of carbonyl (C=O) groups excluding carboxylic acids is 2. The van der Waals surface area contributed by atoms with E-state index in [4.69, 9.17) is 5.11 Å². The van der Waals surface area contributed by atoms with E-state index in [1.165, 1.54) is 18.3 Å². The molecule has 2 unspecified atom stereocenters. The zero-order chi connectivity index (χ0) is 16.0.